The van der Waals surface area contributed by atoms with E-state index in [4.69, 9.17) is 4.74 Å². The number of nitrogens with zero attached hydrogens (tertiary/aromatic N) is 3. The molecule has 7 heteroatoms. The molecule has 1 spiro atoms. The number of fused-ring (bicyclic) bond motifs is 1. The third-order valence-corrected chi connectivity index (χ3v) is 8.06. The molecule has 174 valence electrons. The molecule has 3 aliphatic rings. The fraction of sp³-hybridized carbons (Fsp3) is 0.500. The van der Waals surface area contributed by atoms with Gasteiger partial charge in [-0.1, -0.05) is 0 Å². The first-order chi connectivity index (χ1) is 16.0. The van der Waals surface area contributed by atoms with Crippen LogP contribution in [0.25, 0.3) is 11.0 Å². The van der Waals surface area contributed by atoms with Gasteiger partial charge in [-0.2, -0.15) is 0 Å². The predicted octanol–water partition coefficient (Wildman–Crippen LogP) is 5.79. The third kappa shape index (κ3) is 3.66. The van der Waals surface area contributed by atoms with Crippen molar-refractivity contribution in [2.24, 2.45) is 5.41 Å². The van der Waals surface area contributed by atoms with Crippen LogP contribution in [0.2, 0.25) is 0 Å². The molecule has 1 saturated carbocycles. The smallest absolute Gasteiger partial charge is 0.192 e. The van der Waals surface area contributed by atoms with Crippen LogP contribution in [0.15, 0.2) is 30.6 Å². The minimum absolute atomic E-state index is 0.0385. The zero-order chi connectivity index (χ0) is 22.6. The lowest BCUT2D eigenvalue weighted by Crippen LogP contribution is -2.54. The molecular formula is C26H30F2N4O. The number of pyridine rings is 1. The minimum atomic E-state index is -0.624. The lowest BCUT2D eigenvalue weighted by molar-refractivity contribution is -0.00661. The molecule has 1 aromatic carbocycles. The summed E-state index contributed by atoms with van der Waals surface area (Å²) in [5.74, 6) is -0.639. The Morgan fingerprint density at radius 3 is 2.61 bits per heavy atom. The van der Waals surface area contributed by atoms with Crippen molar-refractivity contribution in [1.82, 2.24) is 14.9 Å². The second kappa shape index (κ2) is 7.97. The van der Waals surface area contributed by atoms with Crippen molar-refractivity contribution in [3.8, 4) is 11.5 Å². The maximum absolute atomic E-state index is 15.6. The van der Waals surface area contributed by atoms with Crippen molar-refractivity contribution in [3.63, 3.8) is 0 Å². The molecule has 33 heavy (non-hydrogen) atoms. The molecule has 0 radical (unpaired) electrons. The Labute approximate surface area is 192 Å². The Morgan fingerprint density at radius 2 is 1.85 bits per heavy atom. The van der Waals surface area contributed by atoms with Gasteiger partial charge >= 0.3 is 0 Å². The van der Waals surface area contributed by atoms with Crippen LogP contribution in [-0.4, -0.2) is 47.1 Å². The quantitative estimate of drug-likeness (QED) is 0.545. The highest BCUT2D eigenvalue weighted by Gasteiger charge is 2.48. The van der Waals surface area contributed by atoms with Crippen molar-refractivity contribution in [3.05, 3.63) is 47.8 Å². The Balaban J connectivity index is 1.19. The molecule has 5 nitrogen and oxygen atoms in total. The van der Waals surface area contributed by atoms with Crippen LogP contribution in [0.5, 0.6) is 11.5 Å². The number of hydrogen-bond acceptors (Lipinski definition) is 4. The van der Waals surface area contributed by atoms with Gasteiger partial charge in [0.2, 0.25) is 0 Å². The number of aromatic amines is 1. The topological polar surface area (TPSA) is 44.4 Å². The van der Waals surface area contributed by atoms with E-state index in [1.807, 2.05) is 11.0 Å². The van der Waals surface area contributed by atoms with E-state index in [9.17, 15) is 4.39 Å². The van der Waals surface area contributed by atoms with Crippen LogP contribution in [-0.2, 0) is 0 Å². The van der Waals surface area contributed by atoms with Crippen LogP contribution in [0, 0.1) is 24.0 Å². The number of benzene rings is 1. The molecule has 0 bridgehead atoms. The summed E-state index contributed by atoms with van der Waals surface area (Å²) in [7, 11) is 0. The summed E-state index contributed by atoms with van der Waals surface area (Å²) in [4.78, 5) is 11.8. The molecular weight excluding hydrogens is 422 g/mol. The zero-order valence-electron chi connectivity index (χ0n) is 19.0. The van der Waals surface area contributed by atoms with Crippen molar-refractivity contribution < 1.29 is 13.5 Å². The van der Waals surface area contributed by atoms with E-state index in [0.717, 1.165) is 29.9 Å². The molecule has 2 aliphatic heterocycles. The van der Waals surface area contributed by atoms with Gasteiger partial charge < -0.3 is 19.5 Å². The lowest BCUT2D eigenvalue weighted by atomic mass is 9.60. The summed E-state index contributed by atoms with van der Waals surface area (Å²) in [6, 6.07) is 5.79. The van der Waals surface area contributed by atoms with Gasteiger partial charge in [0.15, 0.2) is 11.6 Å². The number of likely N-dealkylation sites (tertiary alicyclic amines) is 1. The number of aromatic nitrogens is 2. The highest BCUT2D eigenvalue weighted by molar-refractivity contribution is 5.76. The van der Waals surface area contributed by atoms with Crippen molar-refractivity contribution in [1.29, 1.82) is 0 Å². The van der Waals surface area contributed by atoms with Crippen LogP contribution in [0.4, 0.5) is 14.5 Å². The fourth-order valence-electron chi connectivity index (χ4n) is 6.14. The number of hydrogen-bond donors (Lipinski definition) is 1. The number of anilines is 1. The zero-order valence-corrected chi connectivity index (χ0v) is 19.0. The van der Waals surface area contributed by atoms with Crippen LogP contribution in [0.3, 0.4) is 0 Å². The number of ether oxygens (including phenoxy) is 1. The van der Waals surface area contributed by atoms with Gasteiger partial charge in [-0.05, 0) is 87.7 Å². The molecule has 6 rings (SSSR count). The van der Waals surface area contributed by atoms with Gasteiger partial charge in [0.25, 0.3) is 0 Å². The van der Waals surface area contributed by atoms with Crippen LogP contribution in [0.1, 0.15) is 44.1 Å². The van der Waals surface area contributed by atoms with Crippen molar-refractivity contribution in [2.45, 2.75) is 51.5 Å². The summed E-state index contributed by atoms with van der Waals surface area (Å²) in [5.41, 5.74) is 1.57. The first-order valence-electron chi connectivity index (χ1n) is 12.1. The Bertz CT molecular complexity index is 1170. The number of aryl methyl sites for hydroxylation is 1. The fourth-order valence-corrected chi connectivity index (χ4v) is 6.14. The first-order valence-corrected chi connectivity index (χ1v) is 12.1. The molecule has 4 heterocycles. The van der Waals surface area contributed by atoms with Gasteiger partial charge in [-0.15, -0.1) is 0 Å². The van der Waals surface area contributed by atoms with Crippen molar-refractivity contribution >= 4 is 16.7 Å². The van der Waals surface area contributed by atoms with Gasteiger partial charge in [0.1, 0.15) is 22.9 Å². The normalized spacial score (nSPS) is 21.1. The first kappa shape index (κ1) is 20.9. The van der Waals surface area contributed by atoms with E-state index in [0.29, 0.717) is 29.8 Å². The second-order valence-electron chi connectivity index (χ2n) is 10.1. The average molecular weight is 453 g/mol. The molecule has 3 fully saturated rings. The summed E-state index contributed by atoms with van der Waals surface area (Å²) >= 11 is 0. The van der Waals surface area contributed by atoms with Crippen molar-refractivity contribution in [2.75, 3.05) is 31.1 Å². The molecule has 3 aromatic rings. The Morgan fingerprint density at radius 1 is 1.09 bits per heavy atom. The lowest BCUT2D eigenvalue weighted by Gasteiger charge is -2.55. The monoisotopic (exact) mass is 452 g/mol. The Kier molecular flexibility index (Phi) is 5.05. The maximum atomic E-state index is 15.6. The molecule has 1 N–H and O–H groups in total. The molecule has 2 saturated heterocycles. The highest BCUT2D eigenvalue weighted by Crippen LogP contribution is 2.52. The largest absolute Gasteiger partial charge is 0.452 e. The molecule has 0 unspecified atom stereocenters. The molecule has 0 amide bonds. The number of halogens is 2. The second-order valence-corrected chi connectivity index (χ2v) is 10.1. The van der Waals surface area contributed by atoms with E-state index in [1.165, 1.54) is 44.8 Å². The van der Waals surface area contributed by atoms with Crippen LogP contribution >= 0.6 is 0 Å². The minimum Gasteiger partial charge on any atom is -0.452 e. The van der Waals surface area contributed by atoms with E-state index in [1.54, 1.807) is 25.4 Å². The molecule has 0 atom stereocenters. The van der Waals surface area contributed by atoms with Gasteiger partial charge in [-0.3, -0.25) is 0 Å². The third-order valence-electron chi connectivity index (χ3n) is 8.06. The highest BCUT2D eigenvalue weighted by atomic mass is 19.1. The van der Waals surface area contributed by atoms with Crippen LogP contribution < -0.4 is 9.64 Å². The van der Waals surface area contributed by atoms with Gasteiger partial charge in [0.05, 0.1) is 6.20 Å². The SMILES string of the molecule is Cc1cc(F)c(N2CCC3(CC2)CC(N2CCCC2)C3)c(F)c1Oc1cnc2[nH]ccc2c1. The summed E-state index contributed by atoms with van der Waals surface area (Å²) < 4.78 is 36.5. The molecule has 1 aliphatic carbocycles. The van der Waals surface area contributed by atoms with E-state index in [2.05, 4.69) is 14.9 Å². The van der Waals surface area contributed by atoms with E-state index >= 15 is 4.39 Å². The predicted molar refractivity (Wildman–Crippen MR) is 125 cm³/mol. The summed E-state index contributed by atoms with van der Waals surface area (Å²) in [6.07, 6.45) is 10.5. The number of piperidine rings is 1. The average Bonchev–Trinajstić information content (AvgIpc) is 3.47. The van der Waals surface area contributed by atoms with Gasteiger partial charge in [-0.25, -0.2) is 13.8 Å². The van der Waals surface area contributed by atoms with E-state index in [-0.39, 0.29) is 11.4 Å². The maximum Gasteiger partial charge on any atom is 0.192 e. The summed E-state index contributed by atoms with van der Waals surface area (Å²) in [6.45, 7) is 5.51. The number of H-pyrrole nitrogens is 1. The number of rotatable bonds is 4. The number of nitrogens with one attached hydrogen (secondary N) is 1. The Hall–Kier alpha value is -2.67. The van der Waals surface area contributed by atoms with Gasteiger partial charge in [0, 0.05) is 30.7 Å². The van der Waals surface area contributed by atoms with E-state index < -0.39 is 11.6 Å². The summed E-state index contributed by atoms with van der Waals surface area (Å²) in [5, 5.41) is 0.877. The standard InChI is InChI=1S/C26H30F2N4O/c1-17-12-21(27)23(22(28)24(17)33-20-13-18-4-7-29-25(18)30-16-20)32-10-5-26(6-11-32)14-19(15-26)31-8-2-3-9-31/h4,7,12-13,16,19H,2-3,5-6,8-11,14-15H2,1H3,(H,29,30). The molecule has 2 aromatic heterocycles.